The van der Waals surface area contributed by atoms with Gasteiger partial charge in [-0.1, -0.05) is 11.6 Å². The summed E-state index contributed by atoms with van der Waals surface area (Å²) in [5.41, 5.74) is 1.00. The Morgan fingerprint density at radius 1 is 1.26 bits per heavy atom. The first-order chi connectivity index (χ1) is 8.97. The highest BCUT2D eigenvalue weighted by atomic mass is 79.9. The van der Waals surface area contributed by atoms with E-state index in [1.807, 2.05) is 0 Å². The van der Waals surface area contributed by atoms with Crippen LogP contribution in [-0.4, -0.2) is 10.1 Å². The average Bonchev–Trinajstić information content (AvgIpc) is 2.37. The summed E-state index contributed by atoms with van der Waals surface area (Å²) in [6.07, 6.45) is 1.50. The molecule has 1 aromatic heterocycles. The number of hydrogen-bond acceptors (Lipinski definition) is 3. The monoisotopic (exact) mass is 348 g/mol. The molecule has 2 N–H and O–H groups in total. The van der Waals surface area contributed by atoms with Crippen LogP contribution in [0.25, 0.3) is 0 Å². The van der Waals surface area contributed by atoms with Crippen LogP contribution in [0, 0.1) is 11.6 Å². The van der Waals surface area contributed by atoms with Crippen LogP contribution < -0.4 is 5.32 Å². The van der Waals surface area contributed by atoms with Crippen molar-refractivity contribution in [2.24, 2.45) is 0 Å². The summed E-state index contributed by atoms with van der Waals surface area (Å²) in [5.74, 6) is -2.96. The Bertz CT molecular complexity index is 602. The number of halogens is 4. The molecular weight excluding hydrogens is 341 g/mol. The Morgan fingerprint density at radius 3 is 2.47 bits per heavy atom. The van der Waals surface area contributed by atoms with Gasteiger partial charge in [0.05, 0.1) is 16.4 Å². The average molecular weight is 350 g/mol. The van der Waals surface area contributed by atoms with Crippen LogP contribution in [-0.2, 0) is 6.54 Å². The third-order valence-corrected chi connectivity index (χ3v) is 3.50. The molecular formula is C12H8BrClF2N2O. The first kappa shape index (κ1) is 14.0. The van der Waals surface area contributed by atoms with Gasteiger partial charge in [0, 0.05) is 6.54 Å². The van der Waals surface area contributed by atoms with Crippen molar-refractivity contribution in [1.29, 1.82) is 0 Å². The van der Waals surface area contributed by atoms with E-state index in [1.54, 1.807) is 6.07 Å². The first-order valence-electron chi connectivity index (χ1n) is 5.19. The normalized spacial score (nSPS) is 10.5. The van der Waals surface area contributed by atoms with Crippen LogP contribution in [0.2, 0.25) is 5.15 Å². The van der Waals surface area contributed by atoms with Gasteiger partial charge in [0.15, 0.2) is 17.4 Å². The third-order valence-electron chi connectivity index (χ3n) is 2.37. The zero-order valence-electron chi connectivity index (χ0n) is 9.42. The fourth-order valence-electron chi connectivity index (χ4n) is 1.44. The molecule has 0 unspecified atom stereocenters. The molecule has 0 fully saturated rings. The van der Waals surface area contributed by atoms with E-state index in [-0.39, 0.29) is 6.54 Å². The van der Waals surface area contributed by atoms with E-state index in [9.17, 15) is 8.78 Å². The second-order valence-corrected chi connectivity index (χ2v) is 4.97. The van der Waals surface area contributed by atoms with Crippen LogP contribution in [0.15, 0.2) is 28.9 Å². The molecule has 0 radical (unpaired) electrons. The maximum Gasteiger partial charge on any atom is 0.187 e. The van der Waals surface area contributed by atoms with Crippen LogP contribution in [0.1, 0.15) is 5.56 Å². The molecule has 0 saturated carbocycles. The Morgan fingerprint density at radius 2 is 1.89 bits per heavy atom. The van der Waals surface area contributed by atoms with Gasteiger partial charge in [-0.2, -0.15) is 0 Å². The quantitative estimate of drug-likeness (QED) is 0.820. The standard InChI is InChI=1S/C12H8BrClF2N2O/c13-8-3-7(5-18-12(8)14)17-4-6-1-9(15)11(19)10(16)2-6/h1-3,5,17,19H,4H2. The predicted molar refractivity (Wildman–Crippen MR) is 72.3 cm³/mol. The van der Waals surface area contributed by atoms with Crippen LogP contribution in [0.4, 0.5) is 14.5 Å². The smallest absolute Gasteiger partial charge is 0.187 e. The maximum absolute atomic E-state index is 13.1. The summed E-state index contributed by atoms with van der Waals surface area (Å²) in [7, 11) is 0. The van der Waals surface area contributed by atoms with Crippen LogP contribution >= 0.6 is 27.5 Å². The van der Waals surface area contributed by atoms with Gasteiger partial charge in [0.1, 0.15) is 5.15 Å². The molecule has 7 heteroatoms. The molecule has 2 rings (SSSR count). The number of hydrogen-bond donors (Lipinski definition) is 2. The van der Waals surface area contributed by atoms with E-state index < -0.39 is 17.4 Å². The topological polar surface area (TPSA) is 45.1 Å². The van der Waals surface area contributed by atoms with Gasteiger partial charge in [0.2, 0.25) is 0 Å². The molecule has 3 nitrogen and oxygen atoms in total. The lowest BCUT2D eigenvalue weighted by atomic mass is 10.2. The van der Waals surface area contributed by atoms with Gasteiger partial charge >= 0.3 is 0 Å². The van der Waals surface area contributed by atoms with Gasteiger partial charge in [-0.25, -0.2) is 13.8 Å². The van der Waals surface area contributed by atoms with Crippen molar-refractivity contribution in [3.63, 3.8) is 0 Å². The molecule has 0 atom stereocenters. The minimum atomic E-state index is -0.993. The lowest BCUT2D eigenvalue weighted by molar-refractivity contribution is 0.395. The lowest BCUT2D eigenvalue weighted by Crippen LogP contribution is -2.01. The van der Waals surface area contributed by atoms with Gasteiger partial charge in [-0.3, -0.25) is 0 Å². The number of nitrogens with zero attached hydrogens (tertiary/aromatic N) is 1. The zero-order chi connectivity index (χ0) is 14.0. The molecule has 0 amide bonds. The number of nitrogens with one attached hydrogen (secondary N) is 1. The SMILES string of the molecule is Oc1c(F)cc(CNc2cnc(Cl)c(Br)c2)cc1F. The number of benzene rings is 1. The Labute approximate surface area is 121 Å². The van der Waals surface area contributed by atoms with E-state index in [1.165, 1.54) is 6.20 Å². The summed E-state index contributed by atoms with van der Waals surface area (Å²) in [5, 5.41) is 12.2. The van der Waals surface area contributed by atoms with Crippen molar-refractivity contribution in [2.75, 3.05) is 5.32 Å². The largest absolute Gasteiger partial charge is 0.503 e. The van der Waals surface area contributed by atoms with Gasteiger partial charge < -0.3 is 10.4 Å². The number of phenolic OH excluding ortho intramolecular Hbond substituents is 1. The van der Waals surface area contributed by atoms with Crippen LogP contribution in [0.3, 0.4) is 0 Å². The summed E-state index contributed by atoms with van der Waals surface area (Å²) in [6.45, 7) is 0.184. The molecule has 1 heterocycles. The van der Waals surface area contributed by atoms with Gasteiger partial charge in [0.25, 0.3) is 0 Å². The second-order valence-electron chi connectivity index (χ2n) is 3.76. The highest BCUT2D eigenvalue weighted by Gasteiger charge is 2.09. The Balaban J connectivity index is 2.12. The highest BCUT2D eigenvalue weighted by Crippen LogP contribution is 2.24. The fraction of sp³-hybridized carbons (Fsp3) is 0.0833. The van der Waals surface area contributed by atoms with Gasteiger partial charge in [-0.05, 0) is 39.7 Å². The van der Waals surface area contributed by atoms with Crippen molar-refractivity contribution < 1.29 is 13.9 Å². The van der Waals surface area contributed by atoms with Crippen LogP contribution in [0.5, 0.6) is 5.75 Å². The van der Waals surface area contributed by atoms with Crippen molar-refractivity contribution >= 4 is 33.2 Å². The van der Waals surface area contributed by atoms with Crippen molar-refractivity contribution in [1.82, 2.24) is 4.98 Å². The van der Waals surface area contributed by atoms with Crippen molar-refractivity contribution in [2.45, 2.75) is 6.54 Å². The molecule has 19 heavy (non-hydrogen) atoms. The van der Waals surface area contributed by atoms with Crippen molar-refractivity contribution in [3.8, 4) is 5.75 Å². The molecule has 0 saturated heterocycles. The number of aromatic nitrogens is 1. The van der Waals surface area contributed by atoms with Crippen molar-refractivity contribution in [3.05, 3.63) is 51.2 Å². The minimum Gasteiger partial charge on any atom is -0.503 e. The number of pyridine rings is 1. The molecule has 0 aliphatic heterocycles. The minimum absolute atomic E-state index is 0.184. The number of rotatable bonds is 3. The van der Waals surface area contributed by atoms with E-state index >= 15 is 0 Å². The van der Waals surface area contributed by atoms with Gasteiger partial charge in [-0.15, -0.1) is 0 Å². The Hall–Kier alpha value is -1.40. The zero-order valence-corrected chi connectivity index (χ0v) is 11.8. The van der Waals surface area contributed by atoms with E-state index in [2.05, 4.69) is 26.2 Å². The van der Waals surface area contributed by atoms with E-state index in [0.29, 0.717) is 20.9 Å². The predicted octanol–water partition coefficient (Wildman–Crippen LogP) is 4.09. The maximum atomic E-state index is 13.1. The number of aromatic hydroxyl groups is 1. The number of phenols is 1. The Kier molecular flexibility index (Phi) is 4.21. The number of anilines is 1. The summed E-state index contributed by atoms with van der Waals surface area (Å²) in [4.78, 5) is 3.91. The fourth-order valence-corrected chi connectivity index (χ4v) is 1.89. The first-order valence-corrected chi connectivity index (χ1v) is 6.36. The molecule has 100 valence electrons. The second kappa shape index (κ2) is 5.71. The molecule has 0 aliphatic rings. The lowest BCUT2D eigenvalue weighted by Gasteiger charge is -2.08. The summed E-state index contributed by atoms with van der Waals surface area (Å²) >= 11 is 8.96. The molecule has 0 bridgehead atoms. The summed E-state index contributed by atoms with van der Waals surface area (Å²) in [6, 6.07) is 3.82. The van der Waals surface area contributed by atoms with E-state index in [0.717, 1.165) is 12.1 Å². The summed E-state index contributed by atoms with van der Waals surface area (Å²) < 4.78 is 26.9. The van der Waals surface area contributed by atoms with E-state index in [4.69, 9.17) is 16.7 Å². The molecule has 1 aromatic carbocycles. The molecule has 2 aromatic rings. The third kappa shape index (κ3) is 3.33. The molecule has 0 spiro atoms. The highest BCUT2D eigenvalue weighted by molar-refractivity contribution is 9.10. The molecule has 0 aliphatic carbocycles.